The second-order valence-corrected chi connectivity index (χ2v) is 4.55. The minimum atomic E-state index is -4.57. The number of ether oxygens (including phenoxy) is 1. The summed E-state index contributed by atoms with van der Waals surface area (Å²) in [5.41, 5.74) is -1.13. The van der Waals surface area contributed by atoms with Crippen molar-refractivity contribution in [3.8, 4) is 0 Å². The zero-order valence-corrected chi connectivity index (χ0v) is 10.0. The van der Waals surface area contributed by atoms with Crippen LogP contribution in [0.5, 0.6) is 0 Å². The van der Waals surface area contributed by atoms with Gasteiger partial charge < -0.3 is 4.74 Å². The monoisotopic (exact) mass is 275 g/mol. The highest BCUT2D eigenvalue weighted by atomic mass is 32.2. The fraction of sp³-hybridized carbons (Fsp3) is 0.222. The second-order valence-electron chi connectivity index (χ2n) is 3.13. The molecule has 1 N–H and O–H groups in total. The number of benzene rings is 1. The highest BCUT2D eigenvalue weighted by molar-refractivity contribution is 7.85. The van der Waals surface area contributed by atoms with Crippen LogP contribution in [0, 0.1) is 10.1 Å². The molecule has 0 aliphatic heterocycles. The van der Waals surface area contributed by atoms with Crippen LogP contribution in [0.25, 0.3) is 0 Å². The third-order valence-corrected chi connectivity index (χ3v) is 2.81. The fourth-order valence-corrected chi connectivity index (χ4v) is 1.70. The van der Waals surface area contributed by atoms with Crippen molar-refractivity contribution in [2.75, 3.05) is 6.61 Å². The first-order valence-corrected chi connectivity index (χ1v) is 6.14. The first-order valence-electron chi connectivity index (χ1n) is 4.70. The molecule has 8 nitrogen and oxygen atoms in total. The number of rotatable bonds is 4. The zero-order valence-electron chi connectivity index (χ0n) is 9.19. The predicted molar refractivity (Wildman–Crippen MR) is 58.9 cm³/mol. The van der Waals surface area contributed by atoms with Gasteiger partial charge in [-0.05, 0) is 19.1 Å². The molecule has 0 spiro atoms. The van der Waals surface area contributed by atoms with Crippen molar-refractivity contribution < 1.29 is 27.4 Å². The van der Waals surface area contributed by atoms with Crippen LogP contribution < -0.4 is 0 Å². The van der Waals surface area contributed by atoms with Gasteiger partial charge in [0.05, 0.1) is 11.5 Å². The van der Waals surface area contributed by atoms with E-state index in [-0.39, 0.29) is 12.2 Å². The quantitative estimate of drug-likeness (QED) is 0.376. The summed E-state index contributed by atoms with van der Waals surface area (Å²) in [5, 5.41) is 10.7. The van der Waals surface area contributed by atoms with E-state index in [4.69, 9.17) is 4.55 Å². The number of hydrogen-bond acceptors (Lipinski definition) is 6. The first kappa shape index (κ1) is 14.1. The number of nitro groups is 1. The summed E-state index contributed by atoms with van der Waals surface area (Å²) >= 11 is 0. The summed E-state index contributed by atoms with van der Waals surface area (Å²) in [6.45, 7) is 1.55. The van der Waals surface area contributed by atoms with E-state index in [0.29, 0.717) is 6.07 Å². The highest BCUT2D eigenvalue weighted by Gasteiger charge is 2.24. The average molecular weight is 275 g/mol. The number of carbonyl (C=O) groups excluding carboxylic acids is 1. The maximum absolute atomic E-state index is 11.4. The van der Waals surface area contributed by atoms with Gasteiger partial charge >= 0.3 is 5.97 Å². The maximum Gasteiger partial charge on any atom is 0.345 e. The van der Waals surface area contributed by atoms with Gasteiger partial charge in [-0.3, -0.25) is 14.7 Å². The summed E-state index contributed by atoms with van der Waals surface area (Å²) < 4.78 is 35.0. The van der Waals surface area contributed by atoms with Crippen molar-refractivity contribution in [2.45, 2.75) is 11.8 Å². The molecule has 1 aromatic carbocycles. The molecule has 0 saturated carbocycles. The second kappa shape index (κ2) is 5.10. The Kier molecular flexibility index (Phi) is 3.99. The van der Waals surface area contributed by atoms with E-state index in [9.17, 15) is 23.3 Å². The summed E-state index contributed by atoms with van der Waals surface area (Å²) in [6, 6.07) is 2.40. The van der Waals surface area contributed by atoms with Crippen molar-refractivity contribution >= 4 is 21.8 Å². The summed E-state index contributed by atoms with van der Waals surface area (Å²) in [7, 11) is -4.57. The Labute approximate surface area is 102 Å². The molecule has 1 aromatic rings. The van der Waals surface area contributed by atoms with E-state index in [1.165, 1.54) is 6.92 Å². The molecule has 0 aliphatic rings. The van der Waals surface area contributed by atoms with E-state index >= 15 is 0 Å². The van der Waals surface area contributed by atoms with E-state index in [0.717, 1.165) is 12.1 Å². The molecule has 0 atom stereocenters. The van der Waals surface area contributed by atoms with Crippen LogP contribution in [0.2, 0.25) is 0 Å². The topological polar surface area (TPSA) is 124 Å². The van der Waals surface area contributed by atoms with Gasteiger partial charge in [0.2, 0.25) is 0 Å². The fourth-order valence-electron chi connectivity index (χ4n) is 1.20. The van der Waals surface area contributed by atoms with Gasteiger partial charge in [-0.15, -0.1) is 0 Å². The largest absolute Gasteiger partial charge is 0.462 e. The molecule has 98 valence electrons. The van der Waals surface area contributed by atoms with Gasteiger partial charge in [-0.25, -0.2) is 4.79 Å². The Morgan fingerprint density at radius 3 is 2.56 bits per heavy atom. The SMILES string of the molecule is CCOC(=O)c1ccc(S(=O)(=O)O)cc1[N+](=O)[O-]. The van der Waals surface area contributed by atoms with Crippen molar-refractivity contribution in [1.29, 1.82) is 0 Å². The van der Waals surface area contributed by atoms with Gasteiger partial charge in [-0.1, -0.05) is 0 Å². The summed E-state index contributed by atoms with van der Waals surface area (Å²) in [6.07, 6.45) is 0. The van der Waals surface area contributed by atoms with Gasteiger partial charge in [0.25, 0.3) is 15.8 Å². The van der Waals surface area contributed by atoms with Crippen LogP contribution in [0.4, 0.5) is 5.69 Å². The Balaban J connectivity index is 3.39. The molecule has 0 amide bonds. The molecule has 0 radical (unpaired) electrons. The molecule has 18 heavy (non-hydrogen) atoms. The number of nitrogens with zero attached hydrogens (tertiary/aromatic N) is 1. The maximum atomic E-state index is 11.4. The van der Waals surface area contributed by atoms with Crippen LogP contribution in [-0.4, -0.2) is 30.5 Å². The van der Waals surface area contributed by atoms with Crippen LogP contribution in [0.15, 0.2) is 23.1 Å². The van der Waals surface area contributed by atoms with Crippen LogP contribution in [-0.2, 0) is 14.9 Å². The van der Waals surface area contributed by atoms with Crippen molar-refractivity contribution in [3.05, 3.63) is 33.9 Å². The van der Waals surface area contributed by atoms with E-state index in [1.54, 1.807) is 0 Å². The smallest absolute Gasteiger partial charge is 0.345 e. The van der Waals surface area contributed by atoms with Gasteiger partial charge in [-0.2, -0.15) is 8.42 Å². The Morgan fingerprint density at radius 2 is 2.11 bits per heavy atom. The van der Waals surface area contributed by atoms with Gasteiger partial charge in [0.15, 0.2) is 0 Å². The van der Waals surface area contributed by atoms with E-state index < -0.39 is 31.6 Å². The lowest BCUT2D eigenvalue weighted by Crippen LogP contribution is -2.09. The lowest BCUT2D eigenvalue weighted by Gasteiger charge is -2.04. The molecule has 0 heterocycles. The molecule has 0 aromatic heterocycles. The van der Waals surface area contributed by atoms with Gasteiger partial charge in [0, 0.05) is 6.07 Å². The molecular weight excluding hydrogens is 266 g/mol. The number of hydrogen-bond donors (Lipinski definition) is 1. The molecule has 0 aliphatic carbocycles. The molecule has 0 bridgehead atoms. The molecule has 1 rings (SSSR count). The van der Waals surface area contributed by atoms with Gasteiger partial charge in [0.1, 0.15) is 10.5 Å². The van der Waals surface area contributed by atoms with Crippen LogP contribution in [0.1, 0.15) is 17.3 Å². The molecule has 0 fully saturated rings. The molecule has 9 heteroatoms. The predicted octanol–water partition coefficient (Wildman–Crippen LogP) is 1.02. The molecule has 0 unspecified atom stereocenters. The average Bonchev–Trinajstić information content (AvgIpc) is 2.27. The van der Waals surface area contributed by atoms with Crippen molar-refractivity contribution in [2.24, 2.45) is 0 Å². The number of esters is 1. The Hall–Kier alpha value is -2.00. The van der Waals surface area contributed by atoms with E-state index in [2.05, 4.69) is 4.74 Å². The minimum Gasteiger partial charge on any atom is -0.462 e. The Morgan fingerprint density at radius 1 is 1.50 bits per heavy atom. The van der Waals surface area contributed by atoms with Crippen LogP contribution >= 0.6 is 0 Å². The first-order chi connectivity index (χ1) is 8.27. The summed E-state index contributed by atoms with van der Waals surface area (Å²) in [5.74, 6) is -0.939. The normalized spacial score (nSPS) is 11.0. The third-order valence-electron chi connectivity index (χ3n) is 1.96. The number of nitro benzene ring substituents is 1. The highest BCUT2D eigenvalue weighted by Crippen LogP contribution is 2.23. The lowest BCUT2D eigenvalue weighted by molar-refractivity contribution is -0.385. The van der Waals surface area contributed by atoms with Crippen molar-refractivity contribution in [1.82, 2.24) is 0 Å². The van der Waals surface area contributed by atoms with Crippen LogP contribution in [0.3, 0.4) is 0 Å². The molecular formula is C9H9NO7S. The minimum absolute atomic E-state index is 0.0238. The summed E-state index contributed by atoms with van der Waals surface area (Å²) in [4.78, 5) is 20.5. The zero-order chi connectivity index (χ0) is 13.9. The Bertz CT molecular complexity index is 593. The van der Waals surface area contributed by atoms with E-state index in [1.807, 2.05) is 0 Å². The lowest BCUT2D eigenvalue weighted by atomic mass is 10.2. The standard InChI is InChI=1S/C9H9NO7S/c1-2-17-9(11)7-4-3-6(18(14,15)16)5-8(7)10(12)13/h3-5H,2H2,1H3,(H,14,15,16). The molecule has 0 saturated heterocycles. The number of carbonyl (C=O) groups is 1. The third kappa shape index (κ3) is 3.02. The van der Waals surface area contributed by atoms with Crippen molar-refractivity contribution in [3.63, 3.8) is 0 Å².